The average Bonchev–Trinajstić information content (AvgIpc) is 3.00. The highest BCUT2D eigenvalue weighted by Crippen LogP contribution is 2.60. The first kappa shape index (κ1) is 24.0. The first-order chi connectivity index (χ1) is 14.0. The quantitative estimate of drug-likeness (QED) is 0.459. The Morgan fingerprint density at radius 3 is 2.67 bits per heavy atom. The van der Waals surface area contributed by atoms with Gasteiger partial charge in [0.2, 0.25) is 0 Å². The maximum absolute atomic E-state index is 10.2. The van der Waals surface area contributed by atoms with E-state index in [1.54, 1.807) is 5.57 Å². The number of allylic oxidation sites excluding steroid dienone is 2. The number of aliphatic hydroxyl groups excluding tert-OH is 2. The van der Waals surface area contributed by atoms with E-state index in [0.29, 0.717) is 17.8 Å². The molecule has 0 radical (unpaired) electrons. The lowest BCUT2D eigenvalue weighted by Gasteiger charge is -2.44. The van der Waals surface area contributed by atoms with Gasteiger partial charge in [-0.15, -0.1) is 0 Å². The van der Waals surface area contributed by atoms with Crippen molar-refractivity contribution in [2.24, 2.45) is 29.1 Å². The van der Waals surface area contributed by atoms with Crippen molar-refractivity contribution in [2.75, 3.05) is 0 Å². The third-order valence-corrected chi connectivity index (χ3v) is 8.82. The lowest BCUT2D eigenvalue weighted by atomic mass is 9.60. The summed E-state index contributed by atoms with van der Waals surface area (Å²) >= 11 is 0. The molecular formula is C27H46O3. The molecule has 0 amide bonds. The Morgan fingerprint density at radius 1 is 1.27 bits per heavy atom. The SMILES string of the molecule is C[C@@H]1C(O)C=C(C/C=C2\CCC[C@]3(C)[C@@H]([C@@H](C)CCCC(C)(C)O)CC[C@@H]23)C[C@H]1O. The van der Waals surface area contributed by atoms with Gasteiger partial charge in [0.15, 0.2) is 0 Å². The second-order valence-electron chi connectivity index (χ2n) is 11.7. The molecule has 0 aliphatic heterocycles. The van der Waals surface area contributed by atoms with Crippen LogP contribution in [0.5, 0.6) is 0 Å². The molecule has 172 valence electrons. The van der Waals surface area contributed by atoms with Gasteiger partial charge in [-0.25, -0.2) is 0 Å². The molecule has 1 unspecified atom stereocenters. The summed E-state index contributed by atoms with van der Waals surface area (Å²) in [5.41, 5.74) is 2.70. The van der Waals surface area contributed by atoms with Crippen molar-refractivity contribution in [3.05, 3.63) is 23.3 Å². The molecule has 3 rings (SSSR count). The van der Waals surface area contributed by atoms with Gasteiger partial charge in [0.25, 0.3) is 0 Å². The lowest BCUT2D eigenvalue weighted by molar-refractivity contribution is 0.0352. The predicted octanol–water partition coefficient (Wildman–Crippen LogP) is 5.78. The van der Waals surface area contributed by atoms with E-state index in [0.717, 1.165) is 31.1 Å². The van der Waals surface area contributed by atoms with Crippen LogP contribution in [0.15, 0.2) is 23.3 Å². The van der Waals surface area contributed by atoms with E-state index >= 15 is 0 Å². The van der Waals surface area contributed by atoms with Crippen LogP contribution in [0.25, 0.3) is 0 Å². The minimum absolute atomic E-state index is 0.0622. The Bertz CT molecular complexity index is 643. The zero-order valence-electron chi connectivity index (χ0n) is 20.0. The van der Waals surface area contributed by atoms with Crippen LogP contribution >= 0.6 is 0 Å². The van der Waals surface area contributed by atoms with E-state index in [-0.39, 0.29) is 5.92 Å². The van der Waals surface area contributed by atoms with Crippen LogP contribution in [0.2, 0.25) is 0 Å². The average molecular weight is 419 g/mol. The minimum atomic E-state index is -0.546. The monoisotopic (exact) mass is 418 g/mol. The molecule has 0 heterocycles. The van der Waals surface area contributed by atoms with E-state index in [9.17, 15) is 15.3 Å². The van der Waals surface area contributed by atoms with Gasteiger partial charge in [-0.1, -0.05) is 56.9 Å². The van der Waals surface area contributed by atoms with Crippen molar-refractivity contribution in [3.63, 3.8) is 0 Å². The zero-order valence-corrected chi connectivity index (χ0v) is 20.0. The molecule has 3 aliphatic rings. The molecule has 30 heavy (non-hydrogen) atoms. The summed E-state index contributed by atoms with van der Waals surface area (Å²) in [5.74, 6) is 2.14. The largest absolute Gasteiger partial charge is 0.392 e. The summed E-state index contributed by atoms with van der Waals surface area (Å²) in [5, 5.41) is 30.5. The summed E-state index contributed by atoms with van der Waals surface area (Å²) < 4.78 is 0. The van der Waals surface area contributed by atoms with Crippen LogP contribution in [-0.4, -0.2) is 33.1 Å². The molecule has 3 nitrogen and oxygen atoms in total. The minimum Gasteiger partial charge on any atom is -0.392 e. The van der Waals surface area contributed by atoms with Gasteiger partial charge in [0.1, 0.15) is 0 Å². The van der Waals surface area contributed by atoms with Gasteiger partial charge < -0.3 is 15.3 Å². The molecule has 3 aliphatic carbocycles. The van der Waals surface area contributed by atoms with Crippen molar-refractivity contribution < 1.29 is 15.3 Å². The number of aliphatic hydroxyl groups is 3. The Kier molecular flexibility index (Phi) is 7.58. The van der Waals surface area contributed by atoms with E-state index in [1.807, 2.05) is 26.8 Å². The summed E-state index contributed by atoms with van der Waals surface area (Å²) in [6.07, 6.45) is 14.8. The molecule has 0 bridgehead atoms. The van der Waals surface area contributed by atoms with E-state index in [4.69, 9.17) is 0 Å². The van der Waals surface area contributed by atoms with Crippen molar-refractivity contribution in [3.8, 4) is 0 Å². The van der Waals surface area contributed by atoms with E-state index in [1.165, 1.54) is 44.1 Å². The Hall–Kier alpha value is -0.640. The summed E-state index contributed by atoms with van der Waals surface area (Å²) in [4.78, 5) is 0. The van der Waals surface area contributed by atoms with E-state index < -0.39 is 17.8 Å². The Labute approximate surface area is 184 Å². The second kappa shape index (κ2) is 9.46. The van der Waals surface area contributed by atoms with Crippen LogP contribution in [0.4, 0.5) is 0 Å². The smallest absolute Gasteiger partial charge is 0.0773 e. The second-order valence-corrected chi connectivity index (χ2v) is 11.7. The summed E-state index contributed by atoms with van der Waals surface area (Å²) in [6.45, 7) is 10.8. The molecule has 2 fully saturated rings. The van der Waals surface area contributed by atoms with Crippen LogP contribution < -0.4 is 0 Å². The molecule has 3 N–H and O–H groups in total. The predicted molar refractivity (Wildman–Crippen MR) is 124 cm³/mol. The lowest BCUT2D eigenvalue weighted by Crippen LogP contribution is -2.36. The third kappa shape index (κ3) is 5.40. The van der Waals surface area contributed by atoms with Crippen molar-refractivity contribution >= 4 is 0 Å². The fourth-order valence-corrected chi connectivity index (χ4v) is 6.87. The van der Waals surface area contributed by atoms with Crippen molar-refractivity contribution in [1.29, 1.82) is 0 Å². The van der Waals surface area contributed by atoms with Crippen LogP contribution in [0, 0.1) is 29.1 Å². The van der Waals surface area contributed by atoms with Gasteiger partial charge in [0, 0.05) is 5.92 Å². The number of hydrogen-bond donors (Lipinski definition) is 3. The van der Waals surface area contributed by atoms with Gasteiger partial charge in [-0.05, 0) is 88.4 Å². The fourth-order valence-electron chi connectivity index (χ4n) is 6.87. The molecule has 2 saturated carbocycles. The van der Waals surface area contributed by atoms with Crippen molar-refractivity contribution in [1.82, 2.24) is 0 Å². The molecule has 0 spiro atoms. The summed E-state index contributed by atoms with van der Waals surface area (Å²) in [6, 6.07) is 0. The number of fused-ring (bicyclic) bond motifs is 1. The van der Waals surface area contributed by atoms with Gasteiger partial charge in [0.05, 0.1) is 17.8 Å². The Morgan fingerprint density at radius 2 is 2.00 bits per heavy atom. The van der Waals surface area contributed by atoms with Gasteiger partial charge in [-0.3, -0.25) is 0 Å². The highest BCUT2D eigenvalue weighted by molar-refractivity contribution is 5.23. The topological polar surface area (TPSA) is 60.7 Å². The highest BCUT2D eigenvalue weighted by atomic mass is 16.3. The molecular weight excluding hydrogens is 372 g/mol. The van der Waals surface area contributed by atoms with Crippen LogP contribution in [-0.2, 0) is 0 Å². The molecule has 0 aromatic carbocycles. The zero-order chi connectivity index (χ0) is 22.1. The molecule has 0 saturated heterocycles. The molecule has 3 heteroatoms. The maximum atomic E-state index is 10.2. The van der Waals surface area contributed by atoms with Gasteiger partial charge in [-0.2, -0.15) is 0 Å². The molecule has 0 aromatic heterocycles. The van der Waals surface area contributed by atoms with Crippen LogP contribution in [0.3, 0.4) is 0 Å². The third-order valence-electron chi connectivity index (χ3n) is 8.82. The van der Waals surface area contributed by atoms with Gasteiger partial charge >= 0.3 is 0 Å². The maximum Gasteiger partial charge on any atom is 0.0773 e. The fraction of sp³-hybridized carbons (Fsp3) is 0.852. The van der Waals surface area contributed by atoms with Crippen molar-refractivity contribution in [2.45, 2.75) is 117 Å². The molecule has 7 atom stereocenters. The normalized spacial score (nSPS) is 39.7. The van der Waals surface area contributed by atoms with E-state index in [2.05, 4.69) is 19.9 Å². The Balaban J connectivity index is 1.64. The molecule has 0 aromatic rings. The number of hydrogen-bond acceptors (Lipinski definition) is 3. The number of rotatable bonds is 7. The first-order valence-corrected chi connectivity index (χ1v) is 12.5. The van der Waals surface area contributed by atoms with Crippen LogP contribution in [0.1, 0.15) is 98.8 Å². The standard InChI is InChI=1S/C27H46O3/c1-18(8-6-14-26(3,4)30)22-12-13-23-21(9-7-15-27(22,23)5)11-10-20-16-24(28)19(2)25(29)17-20/h11,16,18-19,22-25,28-30H,6-10,12-15,17H2,1-5H3/b21-11+/t18-,19+,22+,23-,24?,25+,27+/m0/s1. The first-order valence-electron chi connectivity index (χ1n) is 12.5. The highest BCUT2D eigenvalue weighted by Gasteiger charge is 2.50. The summed E-state index contributed by atoms with van der Waals surface area (Å²) in [7, 11) is 0.